The molecule has 0 aromatic carbocycles. The van der Waals surface area contributed by atoms with Crippen molar-refractivity contribution in [2.75, 3.05) is 25.2 Å². The molecule has 0 unspecified atom stereocenters. The molecule has 0 atom stereocenters. The Balaban J connectivity index is 3.92. The van der Waals surface area contributed by atoms with Gasteiger partial charge >= 0.3 is 0 Å². The highest BCUT2D eigenvalue weighted by molar-refractivity contribution is 7.89. The van der Waals surface area contributed by atoms with Crippen LogP contribution in [0, 0.1) is 0 Å². The van der Waals surface area contributed by atoms with E-state index in [9.17, 15) is 13.0 Å². The maximum atomic E-state index is 10.9. The van der Waals surface area contributed by atoms with Gasteiger partial charge in [-0.1, -0.05) is 0 Å². The average Bonchev–Trinajstić information content (AvgIpc) is 1.57. The predicted molar refractivity (Wildman–Crippen MR) is 42.3 cm³/mol. The van der Waals surface area contributed by atoms with Gasteiger partial charge in [-0.15, -0.1) is 0 Å². The largest absolute Gasteiger partial charge is 0.324 e. The van der Waals surface area contributed by atoms with E-state index in [0.29, 0.717) is 0 Å². The highest BCUT2D eigenvalue weighted by Crippen LogP contribution is 2.34. The lowest BCUT2D eigenvalue weighted by atomic mass is 11.0. The lowest BCUT2D eigenvalue weighted by Crippen LogP contribution is -2.18. The van der Waals surface area contributed by atoms with E-state index in [4.69, 9.17) is 5.14 Å². The van der Waals surface area contributed by atoms with Crippen molar-refractivity contribution in [1.29, 1.82) is 0 Å². The zero-order valence-corrected chi connectivity index (χ0v) is 7.78. The Bertz CT molecular complexity index is 239. The van der Waals surface area contributed by atoms with Crippen molar-refractivity contribution in [3.8, 4) is 0 Å². The minimum Gasteiger partial charge on any atom is -0.324 e. The van der Waals surface area contributed by atoms with Crippen LogP contribution in [0.4, 0.5) is 0 Å². The molecule has 0 bridgehead atoms. The van der Waals surface area contributed by atoms with Crippen LogP contribution in [0.1, 0.15) is 0 Å². The Morgan fingerprint density at radius 2 is 1.80 bits per heavy atom. The molecule has 0 amide bonds. The molecule has 0 aliphatic heterocycles. The fourth-order valence-electron chi connectivity index (χ4n) is 0.347. The maximum absolute atomic E-state index is 10.9. The van der Waals surface area contributed by atoms with Gasteiger partial charge in [-0.3, -0.25) is 0 Å². The van der Waals surface area contributed by atoms with Crippen molar-refractivity contribution in [1.82, 2.24) is 0 Å². The molecular weight excluding hydrogens is 173 g/mol. The van der Waals surface area contributed by atoms with Crippen LogP contribution in [-0.2, 0) is 14.6 Å². The average molecular weight is 185 g/mol. The van der Waals surface area contributed by atoms with Gasteiger partial charge in [0.05, 0.1) is 12.9 Å². The molecule has 0 aliphatic carbocycles. The quantitative estimate of drug-likeness (QED) is 0.623. The highest BCUT2D eigenvalue weighted by atomic mass is 32.2. The van der Waals surface area contributed by atoms with Crippen LogP contribution in [0.3, 0.4) is 0 Å². The summed E-state index contributed by atoms with van der Waals surface area (Å²) in [6.07, 6.45) is 0.172. The van der Waals surface area contributed by atoms with Crippen molar-refractivity contribution in [2.45, 2.75) is 0 Å². The molecule has 6 heteroatoms. The number of rotatable bonds is 3. The Hall–Kier alpha value is 0.140. The minimum absolute atomic E-state index is 0.172. The number of sulfonamides is 1. The second kappa shape index (κ2) is 3.03. The summed E-state index contributed by atoms with van der Waals surface area (Å²) in [7, 11) is -5.65. The fraction of sp³-hybridized carbons (Fsp3) is 1.00. The van der Waals surface area contributed by atoms with Crippen LogP contribution < -0.4 is 5.14 Å². The van der Waals surface area contributed by atoms with Gasteiger partial charge in [0.2, 0.25) is 10.0 Å². The van der Waals surface area contributed by atoms with Crippen LogP contribution in [-0.4, -0.2) is 33.7 Å². The molecule has 0 aliphatic rings. The van der Waals surface area contributed by atoms with Crippen LogP contribution >= 0.6 is 7.14 Å². The molecule has 0 spiro atoms. The second-order valence-electron chi connectivity index (χ2n) is 2.66. The van der Waals surface area contributed by atoms with Crippen LogP contribution in [0.2, 0.25) is 0 Å². The van der Waals surface area contributed by atoms with Crippen LogP contribution in [0.15, 0.2) is 0 Å². The van der Waals surface area contributed by atoms with Crippen molar-refractivity contribution in [2.24, 2.45) is 5.14 Å². The summed E-state index contributed by atoms with van der Waals surface area (Å²) < 4.78 is 31.6. The zero-order valence-electron chi connectivity index (χ0n) is 6.07. The van der Waals surface area contributed by atoms with E-state index in [1.807, 2.05) is 0 Å². The van der Waals surface area contributed by atoms with Crippen molar-refractivity contribution >= 4 is 17.2 Å². The molecular formula is C4H12NO3PS. The first-order chi connectivity index (χ1) is 4.21. The SMILES string of the molecule is CP(C)(=O)CCS(N)(=O)=O. The highest BCUT2D eigenvalue weighted by Gasteiger charge is 2.11. The summed E-state index contributed by atoms with van der Waals surface area (Å²) >= 11 is 0. The first-order valence-electron chi connectivity index (χ1n) is 2.75. The lowest BCUT2D eigenvalue weighted by molar-refractivity contribution is 0.580. The Morgan fingerprint density at radius 1 is 1.40 bits per heavy atom. The number of primary sulfonamides is 1. The molecule has 0 aromatic rings. The summed E-state index contributed by atoms with van der Waals surface area (Å²) in [6, 6.07) is 0. The lowest BCUT2D eigenvalue weighted by Gasteiger charge is -2.02. The summed E-state index contributed by atoms with van der Waals surface area (Å²) in [5.74, 6) is -0.183. The van der Waals surface area contributed by atoms with Gasteiger partial charge in [-0.25, -0.2) is 13.6 Å². The Morgan fingerprint density at radius 3 is 1.90 bits per heavy atom. The molecule has 2 N–H and O–H groups in total. The third-order valence-corrected chi connectivity index (χ3v) is 3.29. The second-order valence-corrected chi connectivity index (χ2v) is 7.99. The number of hydrogen-bond donors (Lipinski definition) is 1. The first kappa shape index (κ1) is 10.1. The minimum atomic E-state index is -3.43. The molecule has 0 aromatic heterocycles. The smallest absolute Gasteiger partial charge is 0.209 e. The van der Waals surface area contributed by atoms with Crippen molar-refractivity contribution < 1.29 is 13.0 Å². The van der Waals surface area contributed by atoms with E-state index < -0.39 is 17.2 Å². The van der Waals surface area contributed by atoms with E-state index in [1.54, 1.807) is 0 Å². The molecule has 0 heterocycles. The molecule has 62 valence electrons. The van der Waals surface area contributed by atoms with Gasteiger partial charge in [0, 0.05) is 6.16 Å². The van der Waals surface area contributed by atoms with Crippen LogP contribution in [0.5, 0.6) is 0 Å². The Labute approximate surface area is 61.2 Å². The fourth-order valence-corrected chi connectivity index (χ4v) is 3.12. The van der Waals surface area contributed by atoms with E-state index in [2.05, 4.69) is 0 Å². The van der Waals surface area contributed by atoms with Crippen molar-refractivity contribution in [3.63, 3.8) is 0 Å². The first-order valence-corrected chi connectivity index (χ1v) is 7.25. The molecule has 0 radical (unpaired) electrons. The number of nitrogens with two attached hydrogens (primary N) is 1. The van der Waals surface area contributed by atoms with Gasteiger partial charge < -0.3 is 4.57 Å². The van der Waals surface area contributed by atoms with Crippen molar-refractivity contribution in [3.05, 3.63) is 0 Å². The van der Waals surface area contributed by atoms with Crippen LogP contribution in [0.25, 0.3) is 0 Å². The monoisotopic (exact) mass is 185 g/mol. The zero-order chi connectivity index (χ0) is 8.41. The molecule has 0 saturated heterocycles. The summed E-state index contributed by atoms with van der Waals surface area (Å²) in [6.45, 7) is 3.08. The van der Waals surface area contributed by atoms with E-state index in [-0.39, 0.29) is 11.9 Å². The maximum Gasteiger partial charge on any atom is 0.209 e. The standard InChI is InChI=1S/C4H12NO3PS/c1-9(2,6)3-4-10(5,7)8/h3-4H2,1-2H3,(H2,5,7,8). The molecule has 4 nitrogen and oxygen atoms in total. The topological polar surface area (TPSA) is 77.2 Å². The van der Waals surface area contributed by atoms with Gasteiger partial charge in [-0.2, -0.15) is 0 Å². The molecule has 10 heavy (non-hydrogen) atoms. The van der Waals surface area contributed by atoms with E-state index >= 15 is 0 Å². The summed E-state index contributed by atoms with van der Waals surface area (Å²) in [4.78, 5) is 0. The van der Waals surface area contributed by atoms with Gasteiger partial charge in [0.15, 0.2) is 0 Å². The molecule has 0 saturated carbocycles. The van der Waals surface area contributed by atoms with Gasteiger partial charge in [0.1, 0.15) is 0 Å². The van der Waals surface area contributed by atoms with Gasteiger partial charge in [0.25, 0.3) is 0 Å². The third-order valence-electron chi connectivity index (χ3n) is 0.914. The normalized spacial score (nSPS) is 13.5. The molecule has 0 fully saturated rings. The Kier molecular flexibility index (Phi) is 3.07. The molecule has 0 rings (SSSR count). The summed E-state index contributed by atoms with van der Waals surface area (Å²) in [5, 5.41) is 4.69. The number of hydrogen-bond acceptors (Lipinski definition) is 3. The third kappa shape index (κ3) is 8.14. The summed E-state index contributed by atoms with van der Waals surface area (Å²) in [5.41, 5.74) is 0. The predicted octanol–water partition coefficient (Wildman–Crippen LogP) is -0.102. The van der Waals surface area contributed by atoms with E-state index in [0.717, 1.165) is 0 Å². The van der Waals surface area contributed by atoms with Gasteiger partial charge in [-0.05, 0) is 13.3 Å². The van der Waals surface area contributed by atoms with E-state index in [1.165, 1.54) is 13.3 Å².